The Labute approximate surface area is 391 Å². The summed E-state index contributed by atoms with van der Waals surface area (Å²) in [5.74, 6) is -0.215. The number of carbonyl (C=O) groups excluding carboxylic acids is 1. The van der Waals surface area contributed by atoms with Crippen molar-refractivity contribution in [1.82, 2.24) is 5.32 Å². The van der Waals surface area contributed by atoms with Gasteiger partial charge in [-0.15, -0.1) is 0 Å². The highest BCUT2D eigenvalue weighted by Crippen LogP contribution is 2.38. The number of quaternary nitrogens is 1. The van der Waals surface area contributed by atoms with Crippen LogP contribution in [0, 0.1) is 0 Å². The summed E-state index contributed by atoms with van der Waals surface area (Å²) in [4.78, 5) is 25.4. The first kappa shape index (κ1) is 61.7. The van der Waals surface area contributed by atoms with Crippen LogP contribution in [0.2, 0.25) is 0 Å². The predicted molar refractivity (Wildman–Crippen MR) is 270 cm³/mol. The minimum absolute atomic E-state index is 0.00759. The van der Waals surface area contributed by atoms with Gasteiger partial charge in [-0.2, -0.15) is 0 Å². The van der Waals surface area contributed by atoms with Crippen molar-refractivity contribution in [3.8, 4) is 0 Å². The monoisotopic (exact) mass is 909 g/mol. The largest absolute Gasteiger partial charge is 0.756 e. The molecule has 0 aliphatic carbocycles. The van der Waals surface area contributed by atoms with Gasteiger partial charge < -0.3 is 28.8 Å². The molecule has 0 radical (unpaired) electrons. The molecule has 63 heavy (non-hydrogen) atoms. The minimum Gasteiger partial charge on any atom is -0.756 e. The van der Waals surface area contributed by atoms with Gasteiger partial charge in [-0.1, -0.05) is 224 Å². The average molecular weight is 909 g/mol. The number of likely N-dealkylation sites (N-methyl/N-ethyl adjacent to an activating group) is 1. The number of unbranched alkanes of at least 4 members (excludes halogenated alkanes) is 32. The number of aliphatic hydroxyl groups is 1. The zero-order valence-electron chi connectivity index (χ0n) is 42.3. The van der Waals surface area contributed by atoms with Crippen LogP contribution in [-0.4, -0.2) is 68.5 Å². The molecule has 0 aromatic rings. The van der Waals surface area contributed by atoms with Gasteiger partial charge in [0.05, 0.1) is 39.9 Å². The second kappa shape index (κ2) is 45.9. The molecular formula is C54H105N2O6P. The van der Waals surface area contributed by atoms with Gasteiger partial charge in [-0.3, -0.25) is 9.36 Å². The van der Waals surface area contributed by atoms with Crippen LogP contribution in [0.4, 0.5) is 0 Å². The van der Waals surface area contributed by atoms with Crippen molar-refractivity contribution in [3.63, 3.8) is 0 Å². The summed E-state index contributed by atoms with van der Waals surface area (Å²) in [5, 5.41) is 13.8. The molecule has 372 valence electrons. The van der Waals surface area contributed by atoms with Gasteiger partial charge in [0.2, 0.25) is 5.91 Å². The minimum atomic E-state index is -4.60. The van der Waals surface area contributed by atoms with Crippen LogP contribution in [0.3, 0.4) is 0 Å². The van der Waals surface area contributed by atoms with E-state index in [9.17, 15) is 19.4 Å². The molecule has 0 aliphatic heterocycles. The Kier molecular flexibility index (Phi) is 44.9. The number of rotatable bonds is 49. The third-order valence-electron chi connectivity index (χ3n) is 12.1. The normalized spacial score (nSPS) is 14.3. The predicted octanol–water partition coefficient (Wildman–Crippen LogP) is 15.2. The molecule has 8 nitrogen and oxygen atoms in total. The van der Waals surface area contributed by atoms with Crippen LogP contribution in [-0.2, 0) is 18.4 Å². The van der Waals surface area contributed by atoms with E-state index in [1.54, 1.807) is 6.08 Å². The molecule has 0 saturated heterocycles. The number of amides is 1. The Hall–Kier alpha value is -1.28. The molecular weight excluding hydrogens is 804 g/mol. The van der Waals surface area contributed by atoms with E-state index < -0.39 is 26.6 Å². The lowest BCUT2D eigenvalue weighted by molar-refractivity contribution is -0.870. The first-order chi connectivity index (χ1) is 30.5. The number of allylic oxidation sites excluding steroid dienone is 5. The Bertz CT molecular complexity index is 1120. The number of carbonyl (C=O) groups is 1. The summed E-state index contributed by atoms with van der Waals surface area (Å²) in [5.41, 5.74) is 0. The molecule has 0 spiro atoms. The number of phosphoric ester groups is 1. The molecule has 1 amide bonds. The molecule has 0 aromatic carbocycles. The highest BCUT2D eigenvalue weighted by atomic mass is 31.2. The summed E-state index contributed by atoms with van der Waals surface area (Å²) in [6, 6.07) is -0.907. The second-order valence-corrected chi connectivity index (χ2v) is 21.0. The zero-order valence-corrected chi connectivity index (χ0v) is 43.2. The number of hydrogen-bond acceptors (Lipinski definition) is 6. The smallest absolute Gasteiger partial charge is 0.268 e. The second-order valence-electron chi connectivity index (χ2n) is 19.6. The summed E-state index contributed by atoms with van der Waals surface area (Å²) < 4.78 is 23.3. The van der Waals surface area contributed by atoms with Crippen molar-refractivity contribution < 1.29 is 32.9 Å². The Morgan fingerprint density at radius 3 is 1.29 bits per heavy atom. The highest BCUT2D eigenvalue weighted by Gasteiger charge is 2.23. The van der Waals surface area contributed by atoms with Gasteiger partial charge in [0, 0.05) is 6.42 Å². The van der Waals surface area contributed by atoms with E-state index in [1.807, 2.05) is 27.2 Å². The van der Waals surface area contributed by atoms with E-state index in [0.717, 1.165) is 51.4 Å². The molecule has 0 heterocycles. The van der Waals surface area contributed by atoms with E-state index in [0.29, 0.717) is 17.4 Å². The lowest BCUT2D eigenvalue weighted by atomic mass is 10.0. The Morgan fingerprint density at radius 2 is 0.889 bits per heavy atom. The lowest BCUT2D eigenvalue weighted by Crippen LogP contribution is -2.45. The van der Waals surface area contributed by atoms with E-state index in [2.05, 4.69) is 43.5 Å². The van der Waals surface area contributed by atoms with Crippen LogP contribution >= 0.6 is 7.82 Å². The Balaban J connectivity index is 4.27. The third kappa shape index (κ3) is 48.5. The highest BCUT2D eigenvalue weighted by molar-refractivity contribution is 7.45. The zero-order chi connectivity index (χ0) is 46.4. The molecule has 3 atom stereocenters. The van der Waals surface area contributed by atoms with Crippen molar-refractivity contribution in [2.75, 3.05) is 40.9 Å². The third-order valence-corrected chi connectivity index (χ3v) is 13.0. The van der Waals surface area contributed by atoms with E-state index in [1.165, 1.54) is 180 Å². The van der Waals surface area contributed by atoms with Crippen LogP contribution in [0.15, 0.2) is 36.5 Å². The van der Waals surface area contributed by atoms with Gasteiger partial charge in [-0.25, -0.2) is 0 Å². The molecule has 0 rings (SSSR count). The molecule has 0 aromatic heterocycles. The summed E-state index contributed by atoms with van der Waals surface area (Å²) >= 11 is 0. The van der Waals surface area contributed by atoms with Gasteiger partial charge in [0.1, 0.15) is 13.2 Å². The maximum absolute atomic E-state index is 12.9. The SMILES string of the molecule is CCCCCCCC/C=C\CCCCCCCC(=O)NC(COP(=O)([O-])OCC[N+](C)(C)C)C(O)/C=C/CC/C=C/CCCCCCCCCCCCCCCCCCCCCC. The summed E-state index contributed by atoms with van der Waals surface area (Å²) in [6.07, 6.45) is 57.9. The van der Waals surface area contributed by atoms with Gasteiger partial charge in [-0.05, 0) is 57.8 Å². The van der Waals surface area contributed by atoms with Gasteiger partial charge in [0.15, 0.2) is 0 Å². The number of nitrogens with zero attached hydrogens (tertiary/aromatic N) is 1. The van der Waals surface area contributed by atoms with Crippen molar-refractivity contribution in [2.24, 2.45) is 0 Å². The Morgan fingerprint density at radius 1 is 0.540 bits per heavy atom. The fourth-order valence-electron chi connectivity index (χ4n) is 7.81. The van der Waals surface area contributed by atoms with Crippen molar-refractivity contribution in [1.29, 1.82) is 0 Å². The van der Waals surface area contributed by atoms with E-state index in [-0.39, 0.29) is 12.5 Å². The van der Waals surface area contributed by atoms with Crippen LogP contribution < -0.4 is 10.2 Å². The van der Waals surface area contributed by atoms with Crippen LogP contribution in [0.1, 0.15) is 251 Å². The standard InChI is InChI=1S/C54H105N2O6P/c1-6-8-10-12-14-16-18-20-22-23-24-25-26-27-28-29-30-31-32-34-35-37-39-41-43-45-47-53(57)52(51-62-63(59,60)61-50-49-56(3,4)5)55-54(58)48-46-44-42-40-38-36-33-21-19-17-15-13-11-9-7-2/h21,33,37,39,45,47,52-53,57H,6-20,22-32,34-36,38,40-44,46,48-51H2,1-5H3,(H-,55,58,59,60)/b33-21-,39-37+,47-45+. The quantitative estimate of drug-likeness (QED) is 0.0272. The first-order valence-corrected chi connectivity index (χ1v) is 28.3. The van der Waals surface area contributed by atoms with Crippen LogP contribution in [0.5, 0.6) is 0 Å². The maximum atomic E-state index is 12.9. The topological polar surface area (TPSA) is 108 Å². The van der Waals surface area contributed by atoms with Crippen LogP contribution in [0.25, 0.3) is 0 Å². The molecule has 0 bridgehead atoms. The van der Waals surface area contributed by atoms with E-state index >= 15 is 0 Å². The summed E-state index contributed by atoms with van der Waals surface area (Å²) in [6.45, 7) is 4.63. The average Bonchev–Trinajstić information content (AvgIpc) is 3.24. The van der Waals surface area contributed by atoms with Crippen molar-refractivity contribution in [2.45, 2.75) is 264 Å². The molecule has 2 N–H and O–H groups in total. The maximum Gasteiger partial charge on any atom is 0.268 e. The van der Waals surface area contributed by atoms with Gasteiger partial charge >= 0.3 is 0 Å². The van der Waals surface area contributed by atoms with Gasteiger partial charge in [0.25, 0.3) is 7.82 Å². The number of nitrogens with one attached hydrogen (secondary N) is 1. The fraction of sp³-hybridized carbons (Fsp3) is 0.870. The molecule has 0 aliphatic rings. The van der Waals surface area contributed by atoms with Crippen molar-refractivity contribution >= 4 is 13.7 Å². The van der Waals surface area contributed by atoms with E-state index in [4.69, 9.17) is 9.05 Å². The molecule has 3 unspecified atom stereocenters. The number of aliphatic hydroxyl groups excluding tert-OH is 1. The number of hydrogen-bond donors (Lipinski definition) is 2. The first-order valence-electron chi connectivity index (χ1n) is 26.9. The molecule has 0 fully saturated rings. The summed E-state index contributed by atoms with van der Waals surface area (Å²) in [7, 11) is 1.24. The molecule has 9 heteroatoms. The van der Waals surface area contributed by atoms with Crippen molar-refractivity contribution in [3.05, 3.63) is 36.5 Å². The number of phosphoric acid groups is 1. The molecule has 0 saturated carbocycles. The fourth-order valence-corrected chi connectivity index (χ4v) is 8.53. The lowest BCUT2D eigenvalue weighted by Gasteiger charge is -2.29.